The predicted molar refractivity (Wildman–Crippen MR) is 107 cm³/mol. The van der Waals surface area contributed by atoms with E-state index >= 15 is 0 Å². The van der Waals surface area contributed by atoms with E-state index < -0.39 is 0 Å². The van der Waals surface area contributed by atoms with Crippen molar-refractivity contribution in [1.29, 1.82) is 0 Å². The monoisotopic (exact) mass is 457 g/mol. The highest BCUT2D eigenvalue weighted by Crippen LogP contribution is 2.24. The Labute approximate surface area is 168 Å². The van der Waals surface area contributed by atoms with Crippen molar-refractivity contribution in [3.63, 3.8) is 0 Å². The molecule has 1 N–H and O–H groups in total. The minimum atomic E-state index is -0.0340. The lowest BCUT2D eigenvalue weighted by Crippen LogP contribution is -2.24. The van der Waals surface area contributed by atoms with E-state index in [-0.39, 0.29) is 5.91 Å². The quantitative estimate of drug-likeness (QED) is 0.568. The molecular formula is C17H14BrCl2N3OS. The van der Waals surface area contributed by atoms with E-state index in [0.29, 0.717) is 28.1 Å². The average molecular weight is 459 g/mol. The maximum Gasteiger partial charge on any atom is 0.230 e. The summed E-state index contributed by atoms with van der Waals surface area (Å²) in [5, 5.41) is 4.11. The zero-order chi connectivity index (χ0) is 17.8. The van der Waals surface area contributed by atoms with Crippen LogP contribution in [0.25, 0.3) is 5.65 Å². The average Bonchev–Trinajstić information content (AvgIpc) is 2.97. The number of halogens is 3. The summed E-state index contributed by atoms with van der Waals surface area (Å²) in [6, 6.07) is 9.24. The van der Waals surface area contributed by atoms with Gasteiger partial charge in [-0.3, -0.25) is 4.79 Å². The third-order valence-corrected chi connectivity index (χ3v) is 5.47. The summed E-state index contributed by atoms with van der Waals surface area (Å²) in [5.74, 6) is 0.984. The molecule has 25 heavy (non-hydrogen) atoms. The van der Waals surface area contributed by atoms with Gasteiger partial charge in [0.1, 0.15) is 5.65 Å². The molecule has 3 aromatic rings. The number of nitrogens with zero attached hydrogens (tertiary/aromatic N) is 2. The van der Waals surface area contributed by atoms with E-state index in [2.05, 4.69) is 26.2 Å². The van der Waals surface area contributed by atoms with Crippen molar-refractivity contribution in [2.24, 2.45) is 0 Å². The van der Waals surface area contributed by atoms with Crippen LogP contribution in [0.3, 0.4) is 0 Å². The Hall–Kier alpha value is -1.21. The van der Waals surface area contributed by atoms with Gasteiger partial charge in [-0.25, -0.2) is 4.98 Å². The molecule has 0 aliphatic rings. The number of amides is 1. The summed E-state index contributed by atoms with van der Waals surface area (Å²) in [6.07, 6.45) is 3.83. The molecule has 1 amide bonds. The van der Waals surface area contributed by atoms with E-state index in [0.717, 1.165) is 21.4 Å². The maximum atomic E-state index is 12.0. The summed E-state index contributed by atoms with van der Waals surface area (Å²) in [7, 11) is 0. The van der Waals surface area contributed by atoms with Gasteiger partial charge >= 0.3 is 0 Å². The summed E-state index contributed by atoms with van der Waals surface area (Å²) in [4.78, 5) is 16.5. The van der Waals surface area contributed by atoms with Crippen LogP contribution in [0.2, 0.25) is 10.0 Å². The van der Waals surface area contributed by atoms with Crippen LogP contribution in [0.15, 0.2) is 47.2 Å². The van der Waals surface area contributed by atoms with Gasteiger partial charge < -0.3 is 9.72 Å². The second kappa shape index (κ2) is 8.45. The molecule has 8 heteroatoms. The molecular weight excluding hydrogens is 445 g/mol. The number of aromatic nitrogens is 2. The van der Waals surface area contributed by atoms with Crippen molar-refractivity contribution in [2.45, 2.75) is 12.3 Å². The molecule has 0 atom stereocenters. The van der Waals surface area contributed by atoms with Gasteiger partial charge in [-0.1, -0.05) is 29.3 Å². The second-order valence-corrected chi connectivity index (χ2v) is 8.10. The van der Waals surface area contributed by atoms with Gasteiger partial charge in [0.15, 0.2) is 0 Å². The smallest absolute Gasteiger partial charge is 0.230 e. The Kier molecular flexibility index (Phi) is 6.28. The van der Waals surface area contributed by atoms with Crippen LogP contribution in [0.4, 0.5) is 0 Å². The van der Waals surface area contributed by atoms with Crippen LogP contribution in [0.1, 0.15) is 11.3 Å². The van der Waals surface area contributed by atoms with Crippen molar-refractivity contribution in [2.75, 3.05) is 5.75 Å². The molecule has 2 aromatic heterocycles. The number of hydrogen-bond acceptors (Lipinski definition) is 3. The molecule has 0 radical (unpaired) electrons. The molecule has 0 spiro atoms. The molecule has 0 fully saturated rings. The van der Waals surface area contributed by atoms with Crippen molar-refractivity contribution in [3.8, 4) is 0 Å². The zero-order valence-corrected chi connectivity index (χ0v) is 16.9. The maximum absolute atomic E-state index is 12.0. The molecule has 3 rings (SSSR count). The number of hydrogen-bond donors (Lipinski definition) is 1. The SMILES string of the molecule is O=C(CSCc1ccc(Cl)cc1Cl)NCc1cn2cc(Br)ccc2n1. The van der Waals surface area contributed by atoms with E-state index in [9.17, 15) is 4.79 Å². The highest BCUT2D eigenvalue weighted by atomic mass is 79.9. The van der Waals surface area contributed by atoms with Crippen molar-refractivity contribution in [3.05, 3.63) is 68.5 Å². The van der Waals surface area contributed by atoms with E-state index in [1.165, 1.54) is 11.8 Å². The topological polar surface area (TPSA) is 46.4 Å². The van der Waals surface area contributed by atoms with Crippen LogP contribution >= 0.6 is 50.9 Å². The fourth-order valence-electron chi connectivity index (χ4n) is 2.23. The van der Waals surface area contributed by atoms with Crippen LogP contribution in [-0.2, 0) is 17.1 Å². The van der Waals surface area contributed by atoms with Gasteiger partial charge in [-0.15, -0.1) is 11.8 Å². The number of rotatable bonds is 6. The molecule has 1 aromatic carbocycles. The van der Waals surface area contributed by atoms with Crippen LogP contribution in [0, 0.1) is 0 Å². The van der Waals surface area contributed by atoms with Crippen molar-refractivity contribution < 1.29 is 4.79 Å². The Bertz CT molecular complexity index is 916. The molecule has 2 heterocycles. The molecule has 0 aliphatic heterocycles. The van der Waals surface area contributed by atoms with Gasteiger partial charge in [0, 0.05) is 32.7 Å². The molecule has 130 valence electrons. The molecule has 0 saturated carbocycles. The predicted octanol–water partition coefficient (Wildman–Crippen LogP) is 4.95. The van der Waals surface area contributed by atoms with E-state index in [1.54, 1.807) is 12.1 Å². The normalized spacial score (nSPS) is 11.0. The van der Waals surface area contributed by atoms with Gasteiger partial charge in [-0.05, 0) is 45.8 Å². The largest absolute Gasteiger partial charge is 0.350 e. The Morgan fingerprint density at radius 1 is 1.24 bits per heavy atom. The third-order valence-electron chi connectivity index (χ3n) is 3.44. The number of carbonyl (C=O) groups is 1. The van der Waals surface area contributed by atoms with E-state index in [4.69, 9.17) is 23.2 Å². The van der Waals surface area contributed by atoms with Crippen LogP contribution in [-0.4, -0.2) is 21.0 Å². The first kappa shape index (κ1) is 18.6. The fraction of sp³-hybridized carbons (Fsp3) is 0.176. The summed E-state index contributed by atoms with van der Waals surface area (Å²) < 4.78 is 2.90. The fourth-order valence-corrected chi connectivity index (χ4v) is 4.00. The van der Waals surface area contributed by atoms with E-state index in [1.807, 2.05) is 35.0 Å². The minimum Gasteiger partial charge on any atom is -0.350 e. The minimum absolute atomic E-state index is 0.0340. The van der Waals surface area contributed by atoms with Gasteiger partial charge in [-0.2, -0.15) is 0 Å². The number of nitrogens with one attached hydrogen (secondary N) is 1. The number of imidazole rings is 1. The summed E-state index contributed by atoms with van der Waals surface area (Å²) in [6.45, 7) is 0.403. The van der Waals surface area contributed by atoms with Crippen LogP contribution < -0.4 is 5.32 Å². The Morgan fingerprint density at radius 2 is 2.08 bits per heavy atom. The highest BCUT2D eigenvalue weighted by molar-refractivity contribution is 9.10. The standard InChI is InChI=1S/C17H14BrCl2N3OS/c18-12-2-4-16-22-14(8-23(16)7-12)6-21-17(24)10-25-9-11-1-3-13(19)5-15(11)20/h1-5,7-8H,6,9-10H2,(H,21,24). The molecule has 0 bridgehead atoms. The number of benzene rings is 1. The number of carbonyl (C=O) groups excluding carboxylic acids is 1. The first-order valence-corrected chi connectivity index (χ1v) is 10.1. The molecule has 4 nitrogen and oxygen atoms in total. The number of pyridine rings is 1. The third kappa shape index (κ3) is 5.14. The van der Waals surface area contributed by atoms with Crippen LogP contribution in [0.5, 0.6) is 0 Å². The van der Waals surface area contributed by atoms with Crippen molar-refractivity contribution >= 4 is 62.4 Å². The Balaban J connectivity index is 1.47. The highest BCUT2D eigenvalue weighted by Gasteiger charge is 2.07. The lowest BCUT2D eigenvalue weighted by Gasteiger charge is -2.05. The van der Waals surface area contributed by atoms with Gasteiger partial charge in [0.05, 0.1) is 18.0 Å². The Morgan fingerprint density at radius 3 is 2.88 bits per heavy atom. The van der Waals surface area contributed by atoms with Gasteiger partial charge in [0.25, 0.3) is 0 Å². The molecule has 0 unspecified atom stereocenters. The lowest BCUT2D eigenvalue weighted by atomic mass is 10.2. The number of fused-ring (bicyclic) bond motifs is 1. The molecule has 0 aliphatic carbocycles. The zero-order valence-electron chi connectivity index (χ0n) is 13.0. The van der Waals surface area contributed by atoms with Gasteiger partial charge in [0.2, 0.25) is 5.91 Å². The molecule has 0 saturated heterocycles. The second-order valence-electron chi connectivity index (χ2n) is 5.35. The first-order valence-electron chi connectivity index (χ1n) is 7.43. The lowest BCUT2D eigenvalue weighted by molar-refractivity contribution is -0.118. The first-order chi connectivity index (χ1) is 12.0. The van der Waals surface area contributed by atoms with Crippen molar-refractivity contribution in [1.82, 2.24) is 14.7 Å². The summed E-state index contributed by atoms with van der Waals surface area (Å²) >= 11 is 16.9. The number of thioether (sulfide) groups is 1. The summed E-state index contributed by atoms with van der Waals surface area (Å²) in [5.41, 5.74) is 2.63.